The number of hydrogen-bond donors (Lipinski definition) is 0. The average Bonchev–Trinajstić information content (AvgIpc) is 2.83. The van der Waals surface area contributed by atoms with Crippen LogP contribution >= 0.6 is 11.3 Å². The van der Waals surface area contributed by atoms with Crippen molar-refractivity contribution in [1.82, 2.24) is 9.88 Å². The number of piperidine rings is 1. The zero-order valence-corrected chi connectivity index (χ0v) is 13.9. The van der Waals surface area contributed by atoms with Gasteiger partial charge in [-0.2, -0.15) is 13.2 Å². The van der Waals surface area contributed by atoms with Crippen molar-refractivity contribution in [3.8, 4) is 0 Å². The lowest BCUT2D eigenvalue weighted by atomic mass is 9.95. The van der Waals surface area contributed by atoms with Crippen molar-refractivity contribution in [2.45, 2.75) is 32.9 Å². The molecule has 1 aromatic heterocycles. The maximum Gasteiger partial charge on any atom is 0.471 e. The maximum atomic E-state index is 12.5. The molecular formula is C14H18F3N3O2S. The van der Waals surface area contributed by atoms with E-state index in [2.05, 4.69) is 4.98 Å². The molecule has 1 saturated heterocycles. The van der Waals surface area contributed by atoms with Gasteiger partial charge in [0.15, 0.2) is 5.13 Å². The van der Waals surface area contributed by atoms with E-state index in [4.69, 9.17) is 0 Å². The fourth-order valence-corrected chi connectivity index (χ4v) is 3.35. The van der Waals surface area contributed by atoms with Crippen molar-refractivity contribution in [3.63, 3.8) is 0 Å². The summed E-state index contributed by atoms with van der Waals surface area (Å²) < 4.78 is 37.2. The van der Waals surface area contributed by atoms with E-state index in [0.717, 1.165) is 15.5 Å². The number of nitrogens with zero attached hydrogens (tertiary/aromatic N) is 3. The van der Waals surface area contributed by atoms with Crippen LogP contribution in [0.2, 0.25) is 0 Å². The number of amides is 2. The highest BCUT2D eigenvalue weighted by molar-refractivity contribution is 7.15. The molecule has 128 valence electrons. The van der Waals surface area contributed by atoms with Crippen LogP contribution in [0.5, 0.6) is 0 Å². The van der Waals surface area contributed by atoms with Gasteiger partial charge in [-0.05, 0) is 26.7 Å². The number of halogens is 3. The molecular weight excluding hydrogens is 331 g/mol. The Kier molecular flexibility index (Phi) is 4.98. The Morgan fingerprint density at radius 3 is 2.26 bits per heavy atom. The second-order valence-electron chi connectivity index (χ2n) is 5.60. The van der Waals surface area contributed by atoms with Crippen LogP contribution in [0.4, 0.5) is 18.3 Å². The molecule has 0 radical (unpaired) electrons. The number of aryl methyl sites for hydroxylation is 2. The molecule has 0 saturated carbocycles. The molecule has 1 aliphatic rings. The third kappa shape index (κ3) is 3.82. The molecule has 1 aromatic rings. The van der Waals surface area contributed by atoms with E-state index in [1.165, 1.54) is 16.2 Å². The molecule has 5 nitrogen and oxygen atoms in total. The molecule has 1 aliphatic heterocycles. The Labute approximate surface area is 136 Å². The number of likely N-dealkylation sites (tertiary alicyclic amines) is 1. The fourth-order valence-electron chi connectivity index (χ4n) is 2.48. The highest BCUT2D eigenvalue weighted by atomic mass is 32.1. The van der Waals surface area contributed by atoms with E-state index >= 15 is 0 Å². The topological polar surface area (TPSA) is 53.5 Å². The van der Waals surface area contributed by atoms with Gasteiger partial charge in [0.25, 0.3) is 0 Å². The Bertz CT molecular complexity index is 587. The molecule has 0 bridgehead atoms. The van der Waals surface area contributed by atoms with Crippen LogP contribution < -0.4 is 4.90 Å². The minimum absolute atomic E-state index is 0.0570. The van der Waals surface area contributed by atoms with Gasteiger partial charge in [-0.25, -0.2) is 4.98 Å². The van der Waals surface area contributed by atoms with Crippen LogP contribution in [-0.4, -0.2) is 48.0 Å². The number of alkyl halides is 3. The van der Waals surface area contributed by atoms with E-state index in [-0.39, 0.29) is 37.8 Å². The molecule has 0 aliphatic carbocycles. The summed E-state index contributed by atoms with van der Waals surface area (Å²) in [6.45, 7) is 3.65. The average molecular weight is 349 g/mol. The lowest BCUT2D eigenvalue weighted by molar-refractivity contribution is -0.186. The van der Waals surface area contributed by atoms with Crippen molar-refractivity contribution < 1.29 is 22.8 Å². The van der Waals surface area contributed by atoms with Gasteiger partial charge < -0.3 is 4.90 Å². The van der Waals surface area contributed by atoms with Crippen molar-refractivity contribution in [1.29, 1.82) is 0 Å². The van der Waals surface area contributed by atoms with Crippen molar-refractivity contribution in [3.05, 3.63) is 10.6 Å². The second kappa shape index (κ2) is 6.46. The summed E-state index contributed by atoms with van der Waals surface area (Å²) in [6.07, 6.45) is -4.40. The van der Waals surface area contributed by atoms with E-state index in [1.54, 1.807) is 7.05 Å². The first kappa shape index (κ1) is 17.7. The van der Waals surface area contributed by atoms with Gasteiger partial charge in [-0.15, -0.1) is 11.3 Å². The number of hydrogen-bond acceptors (Lipinski definition) is 4. The van der Waals surface area contributed by atoms with Gasteiger partial charge in [0.1, 0.15) is 0 Å². The predicted octanol–water partition coefficient (Wildman–Crippen LogP) is 2.52. The van der Waals surface area contributed by atoms with Crippen molar-refractivity contribution >= 4 is 28.3 Å². The standard InChI is InChI=1S/C14H18F3N3O2S/c1-8-9(2)23-13(18-8)19(3)11(21)10-4-6-20(7-5-10)12(22)14(15,16)17/h10H,4-7H2,1-3H3. The monoisotopic (exact) mass is 349 g/mol. The number of aromatic nitrogens is 1. The van der Waals surface area contributed by atoms with Crippen LogP contribution in [0, 0.1) is 19.8 Å². The summed E-state index contributed by atoms with van der Waals surface area (Å²) in [5, 5.41) is 0.582. The molecule has 9 heteroatoms. The highest BCUT2D eigenvalue weighted by Gasteiger charge is 2.44. The van der Waals surface area contributed by atoms with Crippen LogP contribution in [-0.2, 0) is 9.59 Å². The Balaban J connectivity index is 1.97. The van der Waals surface area contributed by atoms with E-state index < -0.39 is 12.1 Å². The van der Waals surface area contributed by atoms with E-state index in [0.29, 0.717) is 5.13 Å². The lowest BCUT2D eigenvalue weighted by Crippen LogP contribution is -2.47. The van der Waals surface area contributed by atoms with Crippen molar-refractivity contribution in [2.24, 2.45) is 5.92 Å². The van der Waals surface area contributed by atoms with Gasteiger partial charge in [-0.1, -0.05) is 0 Å². The Morgan fingerprint density at radius 1 is 1.26 bits per heavy atom. The number of carbonyl (C=O) groups excluding carboxylic acids is 2. The first-order chi connectivity index (χ1) is 10.6. The molecule has 0 spiro atoms. The Morgan fingerprint density at radius 2 is 1.83 bits per heavy atom. The summed E-state index contributed by atoms with van der Waals surface area (Å²) in [4.78, 5) is 31.2. The molecule has 0 unspecified atom stereocenters. The molecule has 23 heavy (non-hydrogen) atoms. The highest BCUT2D eigenvalue weighted by Crippen LogP contribution is 2.28. The molecule has 2 rings (SSSR count). The minimum Gasteiger partial charge on any atom is -0.335 e. The normalized spacial score (nSPS) is 16.5. The zero-order chi connectivity index (χ0) is 17.4. The van der Waals surface area contributed by atoms with Gasteiger partial charge in [-0.3, -0.25) is 14.5 Å². The molecule has 2 heterocycles. The third-order valence-electron chi connectivity index (χ3n) is 4.01. The fraction of sp³-hybridized carbons (Fsp3) is 0.643. The van der Waals surface area contributed by atoms with Crippen LogP contribution in [0.25, 0.3) is 0 Å². The zero-order valence-electron chi connectivity index (χ0n) is 13.1. The van der Waals surface area contributed by atoms with E-state index in [1.807, 2.05) is 13.8 Å². The summed E-state index contributed by atoms with van der Waals surface area (Å²) in [6, 6.07) is 0. The smallest absolute Gasteiger partial charge is 0.335 e. The summed E-state index contributed by atoms with van der Waals surface area (Å²) in [5.74, 6) is -2.39. The first-order valence-corrected chi connectivity index (χ1v) is 8.00. The first-order valence-electron chi connectivity index (χ1n) is 7.19. The Hall–Kier alpha value is -1.64. The maximum absolute atomic E-state index is 12.5. The largest absolute Gasteiger partial charge is 0.471 e. The molecule has 2 amide bonds. The number of rotatable bonds is 2. The quantitative estimate of drug-likeness (QED) is 0.824. The van der Waals surface area contributed by atoms with Crippen molar-refractivity contribution in [2.75, 3.05) is 25.0 Å². The second-order valence-corrected chi connectivity index (χ2v) is 6.78. The van der Waals surface area contributed by atoms with Gasteiger partial charge in [0.05, 0.1) is 5.69 Å². The SMILES string of the molecule is Cc1nc(N(C)C(=O)C2CCN(C(=O)C(F)(F)F)CC2)sc1C. The number of thiazole rings is 1. The van der Waals surface area contributed by atoms with Crippen LogP contribution in [0.1, 0.15) is 23.4 Å². The number of anilines is 1. The van der Waals surface area contributed by atoms with Crippen LogP contribution in [0.3, 0.4) is 0 Å². The summed E-state index contributed by atoms with van der Waals surface area (Å²) in [7, 11) is 1.62. The molecule has 0 N–H and O–H groups in total. The number of carbonyl (C=O) groups is 2. The van der Waals surface area contributed by atoms with Gasteiger partial charge >= 0.3 is 12.1 Å². The van der Waals surface area contributed by atoms with Gasteiger partial charge in [0.2, 0.25) is 5.91 Å². The molecule has 0 aromatic carbocycles. The summed E-state index contributed by atoms with van der Waals surface area (Å²) >= 11 is 1.40. The summed E-state index contributed by atoms with van der Waals surface area (Å²) in [5.41, 5.74) is 0.857. The predicted molar refractivity (Wildman–Crippen MR) is 80.4 cm³/mol. The lowest BCUT2D eigenvalue weighted by Gasteiger charge is -2.33. The molecule has 1 fully saturated rings. The minimum atomic E-state index is -4.86. The van der Waals surface area contributed by atoms with Crippen LogP contribution in [0.15, 0.2) is 0 Å². The van der Waals surface area contributed by atoms with E-state index in [9.17, 15) is 22.8 Å². The molecule has 0 atom stereocenters. The van der Waals surface area contributed by atoms with Gasteiger partial charge in [0, 0.05) is 30.9 Å². The third-order valence-corrected chi connectivity index (χ3v) is 5.16.